The number of thiazole rings is 1. The molecule has 3 aliphatic rings. The molecule has 0 radical (unpaired) electrons. The molecule has 2 aromatic rings. The number of aromatic nitrogens is 1. The van der Waals surface area contributed by atoms with Crippen molar-refractivity contribution >= 4 is 39.3 Å². The van der Waals surface area contributed by atoms with Gasteiger partial charge in [-0.1, -0.05) is 12.1 Å². The van der Waals surface area contributed by atoms with Gasteiger partial charge in [0.2, 0.25) is 11.9 Å². The van der Waals surface area contributed by atoms with E-state index in [1.54, 1.807) is 0 Å². The van der Waals surface area contributed by atoms with Crippen molar-refractivity contribution in [1.29, 1.82) is 0 Å². The molecule has 0 bridgehead atoms. The molecule has 3 heterocycles. The number of carbonyl (C=O) groups excluding carboxylic acids is 1. The molecule has 1 unspecified atom stereocenters. The molecule has 2 saturated heterocycles. The monoisotopic (exact) mass is 472 g/mol. The second-order valence-electron chi connectivity index (χ2n) is 8.79. The van der Waals surface area contributed by atoms with Crippen LogP contribution in [-0.2, 0) is 4.79 Å². The fourth-order valence-corrected chi connectivity index (χ4v) is 5.73. The van der Waals surface area contributed by atoms with Crippen LogP contribution in [0.4, 0.5) is 0 Å². The smallest absolute Gasteiger partial charge is 0.244 e. The van der Waals surface area contributed by atoms with Crippen molar-refractivity contribution in [2.24, 2.45) is 15.9 Å². The van der Waals surface area contributed by atoms with E-state index in [0.717, 1.165) is 36.1 Å². The van der Waals surface area contributed by atoms with Crippen LogP contribution in [0, 0.1) is 5.92 Å². The second kappa shape index (κ2) is 9.43. The number of aliphatic hydroxyl groups is 3. The summed E-state index contributed by atoms with van der Waals surface area (Å²) in [6, 6.07) is 7.06. The van der Waals surface area contributed by atoms with Gasteiger partial charge in [-0.2, -0.15) is 0 Å². The molecular weight excluding hydrogens is 444 g/mol. The number of hydrogen-bond donors (Lipinski definition) is 6. The largest absolute Gasteiger partial charge is 0.396 e. The van der Waals surface area contributed by atoms with Crippen LogP contribution in [0.2, 0.25) is 0 Å². The number of carbonyl (C=O) groups is 1. The van der Waals surface area contributed by atoms with Gasteiger partial charge in [0.25, 0.3) is 0 Å². The van der Waals surface area contributed by atoms with Gasteiger partial charge in [-0.05, 0) is 37.9 Å². The van der Waals surface area contributed by atoms with Crippen molar-refractivity contribution in [2.45, 2.75) is 49.5 Å². The summed E-state index contributed by atoms with van der Waals surface area (Å²) in [5.41, 5.74) is 0.800. The third-order valence-electron chi connectivity index (χ3n) is 6.47. The maximum atomic E-state index is 13.3. The molecule has 1 aromatic heterocycles. The molecule has 0 spiro atoms. The van der Waals surface area contributed by atoms with E-state index >= 15 is 0 Å². The van der Waals surface area contributed by atoms with E-state index < -0.39 is 30.1 Å². The number of fused-ring (bicyclic) bond motifs is 1. The first-order valence-electron chi connectivity index (χ1n) is 11.3. The Morgan fingerprint density at radius 3 is 2.73 bits per heavy atom. The number of nitrogens with one attached hydrogen (secondary N) is 3. The number of guanidine groups is 1. The Bertz CT molecular complexity index is 1050. The molecule has 11 heteroatoms. The maximum Gasteiger partial charge on any atom is 0.244 e. The lowest BCUT2D eigenvalue weighted by Crippen LogP contribution is -2.56. The highest BCUT2D eigenvalue weighted by Crippen LogP contribution is 2.32. The van der Waals surface area contributed by atoms with E-state index in [0.29, 0.717) is 23.2 Å². The number of nitrogens with zero attached hydrogens (tertiary/aromatic N) is 3. The summed E-state index contributed by atoms with van der Waals surface area (Å²) in [5, 5.41) is 40.2. The summed E-state index contributed by atoms with van der Waals surface area (Å²) >= 11 is 1.42. The highest BCUT2D eigenvalue weighted by Gasteiger charge is 2.43. The van der Waals surface area contributed by atoms with Crippen LogP contribution >= 0.6 is 11.3 Å². The minimum atomic E-state index is -1.12. The van der Waals surface area contributed by atoms with Crippen LogP contribution in [-0.4, -0.2) is 82.0 Å². The Morgan fingerprint density at radius 2 is 2.00 bits per heavy atom. The topological polar surface area (TPSA) is 151 Å². The zero-order chi connectivity index (χ0) is 22.9. The van der Waals surface area contributed by atoms with Gasteiger partial charge in [-0.3, -0.25) is 15.1 Å². The van der Waals surface area contributed by atoms with E-state index in [1.165, 1.54) is 11.3 Å². The van der Waals surface area contributed by atoms with Gasteiger partial charge in [0.15, 0.2) is 0 Å². The highest BCUT2D eigenvalue weighted by molar-refractivity contribution is 7.18. The molecule has 3 fully saturated rings. The van der Waals surface area contributed by atoms with E-state index in [4.69, 9.17) is 0 Å². The van der Waals surface area contributed by atoms with E-state index in [1.807, 2.05) is 24.3 Å². The van der Waals surface area contributed by atoms with Crippen molar-refractivity contribution in [3.8, 4) is 0 Å². The maximum absolute atomic E-state index is 13.3. The Kier molecular flexibility index (Phi) is 6.39. The molecule has 6 atom stereocenters. The van der Waals surface area contributed by atoms with Gasteiger partial charge < -0.3 is 26.0 Å². The zero-order valence-corrected chi connectivity index (χ0v) is 18.8. The number of aliphatic hydroxyl groups excluding tert-OH is 3. The fraction of sp³-hybridized carbons (Fsp3) is 0.545. The summed E-state index contributed by atoms with van der Waals surface area (Å²) in [6.07, 6.45) is 0.0638. The van der Waals surface area contributed by atoms with E-state index in [2.05, 4.69) is 30.9 Å². The molecule has 6 N–H and O–H groups in total. The first kappa shape index (κ1) is 22.4. The molecule has 33 heavy (non-hydrogen) atoms. The summed E-state index contributed by atoms with van der Waals surface area (Å²) in [4.78, 5) is 27.3. The average molecular weight is 473 g/mol. The lowest BCUT2D eigenvalue weighted by atomic mass is 10.1. The minimum Gasteiger partial charge on any atom is -0.396 e. The van der Waals surface area contributed by atoms with Crippen molar-refractivity contribution in [3.05, 3.63) is 29.3 Å². The Balaban J connectivity index is 1.50. The summed E-state index contributed by atoms with van der Waals surface area (Å²) in [7, 11) is 0. The molecule has 1 aromatic carbocycles. The number of hydrogen-bond acceptors (Lipinski definition) is 9. The van der Waals surface area contributed by atoms with Gasteiger partial charge in [-0.15, -0.1) is 11.3 Å². The number of rotatable bonds is 4. The van der Waals surface area contributed by atoms with Gasteiger partial charge in [-0.25, -0.2) is 9.98 Å². The number of piperidine rings is 1. The third-order valence-corrected chi connectivity index (χ3v) is 7.58. The SMILES string of the molecule is O=C1NC(=N[C@H]2CCCNC2)NC(=N[C@@H]2C[C@H](CO)[C@@H](O)[C@H]2O)C1c1nc2ccccc2s1. The van der Waals surface area contributed by atoms with Crippen molar-refractivity contribution < 1.29 is 20.1 Å². The van der Waals surface area contributed by atoms with Crippen LogP contribution < -0.4 is 16.0 Å². The predicted octanol–water partition coefficient (Wildman–Crippen LogP) is -0.292. The predicted molar refractivity (Wildman–Crippen MR) is 125 cm³/mol. The summed E-state index contributed by atoms with van der Waals surface area (Å²) in [5.74, 6) is -0.870. The van der Waals surface area contributed by atoms with Crippen LogP contribution in [0.1, 0.15) is 30.2 Å². The van der Waals surface area contributed by atoms with E-state index in [-0.39, 0.29) is 18.6 Å². The molecule has 176 valence electrons. The quantitative estimate of drug-likeness (QED) is 0.358. The van der Waals surface area contributed by atoms with Crippen LogP contribution in [0.15, 0.2) is 34.3 Å². The second-order valence-corrected chi connectivity index (χ2v) is 9.85. The van der Waals surface area contributed by atoms with Crippen LogP contribution in [0.5, 0.6) is 0 Å². The minimum absolute atomic E-state index is 0.0412. The Labute approximate surface area is 194 Å². The van der Waals surface area contributed by atoms with Crippen molar-refractivity contribution in [2.75, 3.05) is 19.7 Å². The van der Waals surface area contributed by atoms with Crippen molar-refractivity contribution in [3.63, 3.8) is 0 Å². The molecular formula is C22H28N6O4S. The summed E-state index contributed by atoms with van der Waals surface area (Å²) in [6.45, 7) is 1.46. The van der Waals surface area contributed by atoms with Crippen molar-refractivity contribution in [1.82, 2.24) is 20.9 Å². The van der Waals surface area contributed by atoms with Crippen LogP contribution in [0.3, 0.4) is 0 Å². The van der Waals surface area contributed by atoms with E-state index in [9.17, 15) is 20.1 Å². The average Bonchev–Trinajstić information content (AvgIpc) is 3.35. The number of amides is 1. The standard InChI is InChI=1S/C22H28N6O4S/c29-10-11-8-14(18(31)17(11)30)25-19-16(21-26-13-5-1-2-6-15(13)33-21)20(32)28-22(27-19)24-12-4-3-7-23-9-12/h1-2,5-6,11-12,14,16-18,23,29-31H,3-4,7-10H2,(H2,24,25,27,28,32)/t11-,12+,14-,16?,17-,18+/m1/s1. The fourth-order valence-electron chi connectivity index (χ4n) is 4.66. The Morgan fingerprint density at radius 1 is 1.15 bits per heavy atom. The number of amidine groups is 1. The zero-order valence-electron chi connectivity index (χ0n) is 18.0. The molecule has 2 aliphatic heterocycles. The van der Waals surface area contributed by atoms with Crippen LogP contribution in [0.25, 0.3) is 10.2 Å². The number of para-hydroxylation sites is 1. The Hall–Kier alpha value is -2.44. The number of benzene rings is 1. The molecule has 1 saturated carbocycles. The van der Waals surface area contributed by atoms with Gasteiger partial charge >= 0.3 is 0 Å². The van der Waals surface area contributed by atoms with Gasteiger partial charge in [0, 0.05) is 19.1 Å². The molecule has 10 nitrogen and oxygen atoms in total. The lowest BCUT2D eigenvalue weighted by Gasteiger charge is -2.28. The molecule has 1 aliphatic carbocycles. The molecule has 5 rings (SSSR count). The first-order valence-corrected chi connectivity index (χ1v) is 12.1. The normalized spacial score (nSPS) is 35.2. The number of aliphatic imine (C=N–C) groups is 2. The summed E-state index contributed by atoms with van der Waals surface area (Å²) < 4.78 is 0.962. The lowest BCUT2D eigenvalue weighted by molar-refractivity contribution is -0.120. The first-order chi connectivity index (χ1) is 16.0. The van der Waals surface area contributed by atoms with Gasteiger partial charge in [0.05, 0.1) is 28.4 Å². The van der Waals surface area contributed by atoms with Gasteiger partial charge in [0.1, 0.15) is 22.9 Å². The molecule has 1 amide bonds. The highest BCUT2D eigenvalue weighted by atomic mass is 32.1. The third kappa shape index (κ3) is 4.51.